The molecule has 114 valence electrons. The highest BCUT2D eigenvalue weighted by Crippen LogP contribution is 2.22. The predicted octanol–water partition coefficient (Wildman–Crippen LogP) is 2.17. The maximum absolute atomic E-state index is 12.1. The first-order chi connectivity index (χ1) is 11.3. The summed E-state index contributed by atoms with van der Waals surface area (Å²) >= 11 is 0. The lowest BCUT2D eigenvalue weighted by atomic mass is 10.1. The maximum Gasteiger partial charge on any atom is 0.338 e. The molecule has 0 fully saturated rings. The van der Waals surface area contributed by atoms with Gasteiger partial charge in [-0.2, -0.15) is 0 Å². The molecule has 0 radical (unpaired) electrons. The molecule has 0 saturated carbocycles. The van der Waals surface area contributed by atoms with Crippen molar-refractivity contribution in [1.82, 2.24) is 24.9 Å². The summed E-state index contributed by atoms with van der Waals surface area (Å²) in [6.45, 7) is 2.05. The molecule has 0 atom stereocenters. The molecule has 0 bridgehead atoms. The van der Waals surface area contributed by atoms with E-state index in [1.807, 2.05) is 0 Å². The summed E-state index contributed by atoms with van der Waals surface area (Å²) < 4.78 is 5.07. The molecule has 7 nitrogen and oxygen atoms in total. The standard InChI is InChI=1S/C16H13N5O2/c1-2-23-16(22)11-7-12(14-9-17-3-5-19-14)21-13(8-11)15-10-18-4-6-20-15/h3-10H,2H2,1H3. The normalized spacial score (nSPS) is 10.3. The fourth-order valence-corrected chi connectivity index (χ4v) is 1.99. The molecule has 0 N–H and O–H groups in total. The zero-order valence-electron chi connectivity index (χ0n) is 12.4. The van der Waals surface area contributed by atoms with Crippen LogP contribution in [0.4, 0.5) is 0 Å². The summed E-state index contributed by atoms with van der Waals surface area (Å²) in [5.74, 6) is -0.426. The van der Waals surface area contributed by atoms with Crippen LogP contribution >= 0.6 is 0 Å². The van der Waals surface area contributed by atoms with Crippen LogP contribution in [0.1, 0.15) is 17.3 Å². The maximum atomic E-state index is 12.1. The molecular formula is C16H13N5O2. The SMILES string of the molecule is CCOC(=O)c1cc(-c2cnccn2)nc(-c2cnccn2)c1. The Morgan fingerprint density at radius 2 is 1.48 bits per heavy atom. The van der Waals surface area contributed by atoms with Crippen molar-refractivity contribution in [3.05, 3.63) is 54.9 Å². The van der Waals surface area contributed by atoms with Crippen molar-refractivity contribution in [3.63, 3.8) is 0 Å². The van der Waals surface area contributed by atoms with Gasteiger partial charge in [0.1, 0.15) is 11.4 Å². The number of carbonyl (C=O) groups is 1. The lowest BCUT2D eigenvalue weighted by molar-refractivity contribution is 0.0526. The molecule has 23 heavy (non-hydrogen) atoms. The number of carbonyl (C=O) groups excluding carboxylic acids is 1. The van der Waals surface area contributed by atoms with Crippen LogP contribution in [0, 0.1) is 0 Å². The van der Waals surface area contributed by atoms with Gasteiger partial charge in [0.25, 0.3) is 0 Å². The van der Waals surface area contributed by atoms with E-state index in [1.54, 1.807) is 56.2 Å². The smallest absolute Gasteiger partial charge is 0.338 e. The number of ether oxygens (including phenoxy) is 1. The second-order valence-corrected chi connectivity index (χ2v) is 4.53. The Morgan fingerprint density at radius 1 is 0.913 bits per heavy atom. The summed E-state index contributed by atoms with van der Waals surface area (Å²) in [4.78, 5) is 33.1. The van der Waals surface area contributed by atoms with Crippen LogP contribution in [-0.2, 0) is 4.74 Å². The van der Waals surface area contributed by atoms with Crippen LogP contribution in [0.3, 0.4) is 0 Å². The molecular weight excluding hydrogens is 294 g/mol. The van der Waals surface area contributed by atoms with Crippen LogP contribution < -0.4 is 0 Å². The Morgan fingerprint density at radius 3 is 1.91 bits per heavy atom. The molecule has 0 aliphatic carbocycles. The van der Waals surface area contributed by atoms with Crippen LogP contribution in [0.15, 0.2) is 49.3 Å². The van der Waals surface area contributed by atoms with E-state index in [0.717, 1.165) is 0 Å². The second kappa shape index (κ2) is 6.69. The minimum Gasteiger partial charge on any atom is -0.462 e. The number of aromatic nitrogens is 5. The molecule has 0 aromatic carbocycles. The van der Waals surface area contributed by atoms with E-state index < -0.39 is 5.97 Å². The summed E-state index contributed by atoms with van der Waals surface area (Å²) in [5, 5.41) is 0. The molecule has 3 rings (SSSR count). The van der Waals surface area contributed by atoms with Gasteiger partial charge in [0, 0.05) is 24.8 Å². The van der Waals surface area contributed by atoms with Crippen LogP contribution in [0.2, 0.25) is 0 Å². The van der Waals surface area contributed by atoms with Crippen molar-refractivity contribution in [3.8, 4) is 22.8 Å². The summed E-state index contributed by atoms with van der Waals surface area (Å²) in [6, 6.07) is 3.25. The minimum atomic E-state index is -0.426. The fraction of sp³-hybridized carbons (Fsp3) is 0.125. The molecule has 0 unspecified atom stereocenters. The lowest BCUT2D eigenvalue weighted by Gasteiger charge is -2.08. The van der Waals surface area contributed by atoms with Gasteiger partial charge < -0.3 is 4.74 Å². The van der Waals surface area contributed by atoms with Crippen molar-refractivity contribution in [2.24, 2.45) is 0 Å². The highest BCUT2D eigenvalue weighted by Gasteiger charge is 2.14. The molecule has 0 spiro atoms. The van der Waals surface area contributed by atoms with Crippen LogP contribution in [0.5, 0.6) is 0 Å². The van der Waals surface area contributed by atoms with Crippen LogP contribution in [-0.4, -0.2) is 37.5 Å². The first-order valence-corrected chi connectivity index (χ1v) is 7.00. The molecule has 0 saturated heterocycles. The molecule has 0 amide bonds. The molecule has 3 aromatic rings. The van der Waals surface area contributed by atoms with E-state index in [-0.39, 0.29) is 0 Å². The third kappa shape index (κ3) is 3.34. The number of hydrogen-bond acceptors (Lipinski definition) is 7. The van der Waals surface area contributed by atoms with Crippen molar-refractivity contribution < 1.29 is 9.53 Å². The van der Waals surface area contributed by atoms with E-state index in [9.17, 15) is 4.79 Å². The van der Waals surface area contributed by atoms with E-state index >= 15 is 0 Å². The summed E-state index contributed by atoms with van der Waals surface area (Å²) in [7, 11) is 0. The summed E-state index contributed by atoms with van der Waals surface area (Å²) in [5.41, 5.74) is 2.53. The van der Waals surface area contributed by atoms with Crippen molar-refractivity contribution in [2.45, 2.75) is 6.92 Å². The Labute approximate surface area is 132 Å². The van der Waals surface area contributed by atoms with Crippen molar-refractivity contribution >= 4 is 5.97 Å². The minimum absolute atomic E-state index is 0.294. The Hall–Kier alpha value is -3.22. The highest BCUT2D eigenvalue weighted by atomic mass is 16.5. The van der Waals surface area contributed by atoms with E-state index in [1.165, 1.54) is 0 Å². The fourth-order valence-electron chi connectivity index (χ4n) is 1.99. The van der Waals surface area contributed by atoms with Gasteiger partial charge in [-0.1, -0.05) is 0 Å². The first-order valence-electron chi connectivity index (χ1n) is 7.00. The molecule has 0 aliphatic rings. The number of esters is 1. The van der Waals surface area contributed by atoms with Gasteiger partial charge in [0.05, 0.1) is 36.0 Å². The van der Waals surface area contributed by atoms with Gasteiger partial charge in [0.2, 0.25) is 0 Å². The first kappa shape index (κ1) is 14.7. The highest BCUT2D eigenvalue weighted by molar-refractivity contribution is 5.91. The van der Waals surface area contributed by atoms with Crippen LogP contribution in [0.25, 0.3) is 22.8 Å². The predicted molar refractivity (Wildman–Crippen MR) is 82.2 cm³/mol. The van der Waals surface area contributed by atoms with Gasteiger partial charge in [-0.25, -0.2) is 9.78 Å². The molecule has 0 aliphatic heterocycles. The average Bonchev–Trinajstić information content (AvgIpc) is 2.63. The average molecular weight is 307 g/mol. The Kier molecular flexibility index (Phi) is 4.28. The van der Waals surface area contributed by atoms with E-state index in [0.29, 0.717) is 34.9 Å². The van der Waals surface area contributed by atoms with E-state index in [2.05, 4.69) is 24.9 Å². The Balaban J connectivity index is 2.13. The third-order valence-corrected chi connectivity index (χ3v) is 2.99. The van der Waals surface area contributed by atoms with E-state index in [4.69, 9.17) is 4.74 Å². The van der Waals surface area contributed by atoms with Gasteiger partial charge in [-0.15, -0.1) is 0 Å². The van der Waals surface area contributed by atoms with Gasteiger partial charge in [-0.05, 0) is 19.1 Å². The zero-order chi connectivity index (χ0) is 16.1. The molecule has 7 heteroatoms. The molecule has 3 aromatic heterocycles. The number of rotatable bonds is 4. The van der Waals surface area contributed by atoms with Crippen molar-refractivity contribution in [1.29, 1.82) is 0 Å². The number of pyridine rings is 1. The number of nitrogens with zero attached hydrogens (tertiary/aromatic N) is 5. The van der Waals surface area contributed by atoms with Gasteiger partial charge in [0.15, 0.2) is 0 Å². The third-order valence-electron chi connectivity index (χ3n) is 2.99. The quantitative estimate of drug-likeness (QED) is 0.682. The summed E-state index contributed by atoms with van der Waals surface area (Å²) in [6.07, 6.45) is 9.44. The topological polar surface area (TPSA) is 90.8 Å². The second-order valence-electron chi connectivity index (χ2n) is 4.53. The largest absolute Gasteiger partial charge is 0.462 e. The Bertz CT molecular complexity index is 751. The van der Waals surface area contributed by atoms with Gasteiger partial charge in [-0.3, -0.25) is 19.9 Å². The molecule has 3 heterocycles. The monoisotopic (exact) mass is 307 g/mol. The lowest BCUT2D eigenvalue weighted by Crippen LogP contribution is -2.06. The van der Waals surface area contributed by atoms with Crippen molar-refractivity contribution in [2.75, 3.05) is 6.61 Å². The zero-order valence-corrected chi connectivity index (χ0v) is 12.4. The van der Waals surface area contributed by atoms with Gasteiger partial charge >= 0.3 is 5.97 Å². The number of hydrogen-bond donors (Lipinski definition) is 0.